The van der Waals surface area contributed by atoms with Crippen LogP contribution in [0.3, 0.4) is 0 Å². The van der Waals surface area contributed by atoms with Crippen LogP contribution in [-0.2, 0) is 0 Å². The van der Waals surface area contributed by atoms with Crippen molar-refractivity contribution in [3.05, 3.63) is 34.8 Å². The van der Waals surface area contributed by atoms with E-state index >= 15 is 0 Å². The average Bonchev–Trinajstić information content (AvgIpc) is 2.90. The number of carbonyl (C=O) groups is 1. The Morgan fingerprint density at radius 3 is 2.90 bits per heavy atom. The Hall–Kier alpha value is -2.12. The highest BCUT2D eigenvalue weighted by molar-refractivity contribution is 7.14. The lowest BCUT2D eigenvalue weighted by atomic mass is 10.2. The van der Waals surface area contributed by atoms with E-state index in [-0.39, 0.29) is 23.1 Å². The summed E-state index contributed by atoms with van der Waals surface area (Å²) in [5.41, 5.74) is 0.851. The first-order valence-corrected chi connectivity index (χ1v) is 7.41. The molecule has 0 fully saturated rings. The summed E-state index contributed by atoms with van der Waals surface area (Å²) in [7, 11) is 0. The molecule has 0 aliphatic rings. The smallest absolute Gasteiger partial charge is 0.261 e. The summed E-state index contributed by atoms with van der Waals surface area (Å²) in [5, 5.41) is 27.2. The third kappa shape index (κ3) is 3.71. The van der Waals surface area contributed by atoms with E-state index in [9.17, 15) is 15.0 Å². The van der Waals surface area contributed by atoms with Crippen LogP contribution in [0.5, 0.6) is 11.5 Å². The molecule has 2 aromatic rings. The normalized spacial score (nSPS) is 12.1. The van der Waals surface area contributed by atoms with Crippen molar-refractivity contribution in [1.29, 1.82) is 0 Å². The molecule has 2 rings (SSSR count). The Bertz CT molecular complexity index is 642. The van der Waals surface area contributed by atoms with Crippen LogP contribution in [-0.4, -0.2) is 27.6 Å². The van der Waals surface area contributed by atoms with Gasteiger partial charge in [0.05, 0.1) is 11.3 Å². The number of benzene rings is 1. The van der Waals surface area contributed by atoms with Gasteiger partial charge >= 0.3 is 0 Å². The number of rotatable bonds is 5. The monoisotopic (exact) mass is 307 g/mol. The maximum atomic E-state index is 12.1. The van der Waals surface area contributed by atoms with Crippen LogP contribution < -0.4 is 10.6 Å². The van der Waals surface area contributed by atoms with Gasteiger partial charge in [0.1, 0.15) is 11.5 Å². The highest BCUT2D eigenvalue weighted by Crippen LogP contribution is 2.25. The van der Waals surface area contributed by atoms with Gasteiger partial charge in [-0.25, -0.2) is 4.98 Å². The van der Waals surface area contributed by atoms with Crippen LogP contribution >= 0.6 is 11.3 Å². The Morgan fingerprint density at radius 2 is 2.19 bits per heavy atom. The minimum absolute atomic E-state index is 0.00600. The van der Waals surface area contributed by atoms with E-state index in [0.29, 0.717) is 5.13 Å². The molecule has 0 spiro atoms. The van der Waals surface area contributed by atoms with Gasteiger partial charge < -0.3 is 15.5 Å². The molecule has 112 valence electrons. The molecular weight excluding hydrogens is 290 g/mol. The fourth-order valence-corrected chi connectivity index (χ4v) is 2.62. The van der Waals surface area contributed by atoms with E-state index in [0.717, 1.165) is 12.2 Å². The second-order valence-electron chi connectivity index (χ2n) is 4.51. The number of anilines is 1. The van der Waals surface area contributed by atoms with E-state index in [4.69, 9.17) is 0 Å². The number of nitrogens with one attached hydrogen (secondary N) is 2. The second kappa shape index (κ2) is 6.55. The molecule has 0 saturated carbocycles. The van der Waals surface area contributed by atoms with Crippen LogP contribution in [0.2, 0.25) is 0 Å². The van der Waals surface area contributed by atoms with E-state index < -0.39 is 5.91 Å². The topological polar surface area (TPSA) is 94.5 Å². The SMILES string of the molecule is CCNC(C)c1csc(NC(=O)c2cc(O)ccc2O)n1. The van der Waals surface area contributed by atoms with Gasteiger partial charge in [-0.15, -0.1) is 11.3 Å². The van der Waals surface area contributed by atoms with E-state index in [1.54, 1.807) is 0 Å². The minimum Gasteiger partial charge on any atom is -0.508 e. The Balaban J connectivity index is 2.11. The molecule has 1 heterocycles. The molecule has 0 aliphatic carbocycles. The number of thiazole rings is 1. The number of carbonyl (C=O) groups excluding carboxylic acids is 1. The number of phenolic OH excluding ortho intramolecular Hbond substituents is 2. The lowest BCUT2D eigenvalue weighted by Crippen LogP contribution is -2.18. The zero-order valence-corrected chi connectivity index (χ0v) is 12.6. The number of aromatic nitrogens is 1. The molecule has 0 radical (unpaired) electrons. The molecule has 1 aromatic carbocycles. The van der Waals surface area contributed by atoms with Crippen molar-refractivity contribution in [2.45, 2.75) is 19.9 Å². The van der Waals surface area contributed by atoms with Crippen molar-refractivity contribution in [2.24, 2.45) is 0 Å². The molecule has 0 aliphatic heterocycles. The highest BCUT2D eigenvalue weighted by Gasteiger charge is 2.15. The summed E-state index contributed by atoms with van der Waals surface area (Å²) >= 11 is 1.31. The minimum atomic E-state index is -0.514. The predicted molar refractivity (Wildman–Crippen MR) is 81.9 cm³/mol. The van der Waals surface area contributed by atoms with Gasteiger partial charge in [-0.1, -0.05) is 6.92 Å². The van der Waals surface area contributed by atoms with Crippen LogP contribution in [0.15, 0.2) is 23.6 Å². The van der Waals surface area contributed by atoms with Gasteiger partial charge in [-0.3, -0.25) is 10.1 Å². The number of hydrogen-bond acceptors (Lipinski definition) is 6. The molecule has 0 saturated heterocycles. The quantitative estimate of drug-likeness (QED) is 0.637. The fraction of sp³-hybridized carbons (Fsp3) is 0.286. The molecule has 7 heteroatoms. The highest BCUT2D eigenvalue weighted by atomic mass is 32.1. The van der Waals surface area contributed by atoms with Gasteiger partial charge in [-0.2, -0.15) is 0 Å². The summed E-state index contributed by atoms with van der Waals surface area (Å²) < 4.78 is 0. The Kier molecular flexibility index (Phi) is 4.77. The van der Waals surface area contributed by atoms with Gasteiger partial charge in [0.2, 0.25) is 0 Å². The van der Waals surface area contributed by atoms with Crippen molar-refractivity contribution in [3.8, 4) is 11.5 Å². The standard InChI is InChI=1S/C14H17N3O3S/c1-3-15-8(2)11-7-21-14(16-11)17-13(20)10-6-9(18)4-5-12(10)19/h4-8,15,18-19H,3H2,1-2H3,(H,16,17,20). The van der Waals surface area contributed by atoms with Gasteiger partial charge in [0.15, 0.2) is 5.13 Å². The largest absolute Gasteiger partial charge is 0.508 e. The number of nitrogens with zero attached hydrogens (tertiary/aromatic N) is 1. The van der Waals surface area contributed by atoms with Crippen molar-refractivity contribution >= 4 is 22.4 Å². The van der Waals surface area contributed by atoms with Crippen LogP contribution in [0.25, 0.3) is 0 Å². The zero-order chi connectivity index (χ0) is 15.4. The molecule has 0 bridgehead atoms. The number of amides is 1. The third-order valence-corrected chi connectivity index (χ3v) is 3.70. The van der Waals surface area contributed by atoms with Crippen LogP contribution in [0.4, 0.5) is 5.13 Å². The van der Waals surface area contributed by atoms with Gasteiger partial charge in [-0.05, 0) is 31.7 Å². The summed E-state index contributed by atoms with van der Waals surface area (Å²) in [6.45, 7) is 4.83. The second-order valence-corrected chi connectivity index (χ2v) is 5.37. The van der Waals surface area contributed by atoms with Crippen molar-refractivity contribution in [2.75, 3.05) is 11.9 Å². The molecule has 4 N–H and O–H groups in total. The summed E-state index contributed by atoms with van der Waals surface area (Å²) in [4.78, 5) is 16.4. The first-order chi connectivity index (χ1) is 10.0. The summed E-state index contributed by atoms with van der Waals surface area (Å²) in [6, 6.07) is 3.89. The maximum Gasteiger partial charge on any atom is 0.261 e. The Morgan fingerprint density at radius 1 is 1.43 bits per heavy atom. The van der Waals surface area contributed by atoms with Crippen LogP contribution in [0.1, 0.15) is 35.9 Å². The first-order valence-electron chi connectivity index (χ1n) is 6.53. The lowest BCUT2D eigenvalue weighted by Gasteiger charge is -2.08. The fourth-order valence-electron chi connectivity index (χ4n) is 1.82. The number of aromatic hydroxyl groups is 2. The number of phenols is 2. The lowest BCUT2D eigenvalue weighted by molar-refractivity contribution is 0.102. The summed E-state index contributed by atoms with van der Waals surface area (Å²) in [6.07, 6.45) is 0. The molecule has 6 nitrogen and oxygen atoms in total. The van der Waals surface area contributed by atoms with E-state index in [1.165, 1.54) is 29.5 Å². The van der Waals surface area contributed by atoms with Crippen molar-refractivity contribution in [3.63, 3.8) is 0 Å². The maximum absolute atomic E-state index is 12.1. The molecule has 1 amide bonds. The third-order valence-electron chi connectivity index (χ3n) is 2.92. The Labute approximate surface area is 126 Å². The van der Waals surface area contributed by atoms with Crippen molar-refractivity contribution < 1.29 is 15.0 Å². The molecule has 1 aromatic heterocycles. The van der Waals surface area contributed by atoms with Gasteiger partial charge in [0, 0.05) is 11.4 Å². The van der Waals surface area contributed by atoms with Gasteiger partial charge in [0.25, 0.3) is 5.91 Å². The zero-order valence-electron chi connectivity index (χ0n) is 11.8. The summed E-state index contributed by atoms with van der Waals surface area (Å²) in [5.74, 6) is -0.790. The molecule has 21 heavy (non-hydrogen) atoms. The number of hydrogen-bond donors (Lipinski definition) is 4. The van der Waals surface area contributed by atoms with Crippen molar-refractivity contribution in [1.82, 2.24) is 10.3 Å². The van der Waals surface area contributed by atoms with E-state index in [1.807, 2.05) is 19.2 Å². The average molecular weight is 307 g/mol. The van der Waals surface area contributed by atoms with Crippen LogP contribution in [0, 0.1) is 0 Å². The molecule has 1 unspecified atom stereocenters. The predicted octanol–water partition coefficient (Wildman–Crippen LogP) is 2.48. The first kappa shape index (κ1) is 15.3. The van der Waals surface area contributed by atoms with E-state index in [2.05, 4.69) is 15.6 Å². The molecule has 1 atom stereocenters. The molecular formula is C14H17N3O3S.